The van der Waals surface area contributed by atoms with E-state index in [1.807, 2.05) is 0 Å². The zero-order chi connectivity index (χ0) is 33.1. The van der Waals surface area contributed by atoms with Gasteiger partial charge in [0.05, 0.1) is 96.9 Å². The van der Waals surface area contributed by atoms with Crippen LogP contribution in [0.2, 0.25) is 0 Å². The zero-order valence-corrected chi connectivity index (χ0v) is 27.2. The quantitative estimate of drug-likeness (QED) is 0.363. The zero-order valence-electron chi connectivity index (χ0n) is 27.2. The van der Waals surface area contributed by atoms with E-state index in [1.54, 1.807) is 48.3 Å². The summed E-state index contributed by atoms with van der Waals surface area (Å²) in [6.45, 7) is 6.77. The molecule has 0 saturated heterocycles. The number of fused-ring (bicyclic) bond motifs is 2. The highest BCUT2D eigenvalue weighted by Crippen LogP contribution is 2.41. The molecule has 0 fully saturated rings. The van der Waals surface area contributed by atoms with Gasteiger partial charge in [0.15, 0.2) is 28.7 Å². The van der Waals surface area contributed by atoms with Crippen molar-refractivity contribution in [3.05, 3.63) is 42.2 Å². The van der Waals surface area contributed by atoms with Gasteiger partial charge < -0.3 is 52.1 Å². The second kappa shape index (κ2) is 20.3. The molecule has 0 unspecified atom stereocenters. The fraction of sp³-hybridized carbons (Fsp3) is 0.562. The molecule has 3 heterocycles. The van der Waals surface area contributed by atoms with Crippen molar-refractivity contribution >= 4 is 11.4 Å². The summed E-state index contributed by atoms with van der Waals surface area (Å²) in [5, 5.41) is 17.0. The summed E-state index contributed by atoms with van der Waals surface area (Å²) in [6.07, 6.45) is 1.63. The maximum atomic E-state index is 6.20. The highest BCUT2D eigenvalue weighted by atomic mass is 16.6. The number of hydrogen-bond acceptors (Lipinski definition) is 15. The normalized spacial score (nSPS) is 18.2. The van der Waals surface area contributed by atoms with E-state index < -0.39 is 0 Å². The molecular formula is C32H43N5O11. The Morgan fingerprint density at radius 2 is 1.06 bits per heavy atom. The summed E-state index contributed by atoms with van der Waals surface area (Å²) in [7, 11) is 1.79. The number of benzene rings is 2. The Morgan fingerprint density at radius 1 is 0.583 bits per heavy atom. The van der Waals surface area contributed by atoms with Crippen LogP contribution in [0.15, 0.2) is 46.8 Å². The molecule has 262 valence electrons. The van der Waals surface area contributed by atoms with Crippen LogP contribution < -0.4 is 23.7 Å². The predicted molar refractivity (Wildman–Crippen MR) is 169 cm³/mol. The lowest BCUT2D eigenvalue weighted by Gasteiger charge is -2.16. The summed E-state index contributed by atoms with van der Waals surface area (Å²) in [5.41, 5.74) is 1.71. The van der Waals surface area contributed by atoms with Gasteiger partial charge in [-0.15, -0.1) is 10.2 Å². The van der Waals surface area contributed by atoms with E-state index in [0.717, 1.165) is 5.69 Å². The topological polar surface area (TPSA) is 157 Å². The van der Waals surface area contributed by atoms with Crippen molar-refractivity contribution in [2.75, 3.05) is 106 Å². The first kappa shape index (κ1) is 35.3. The number of aromatic nitrogens is 3. The van der Waals surface area contributed by atoms with Crippen molar-refractivity contribution in [1.29, 1.82) is 0 Å². The van der Waals surface area contributed by atoms with Gasteiger partial charge in [0.1, 0.15) is 38.7 Å². The standard InChI is InChI=1S/C32H43N5O11/c1-37-26(23-33-36-37)24-48-29-22-32-31(46-18-14-42-10-6-39-7-11-43-15-19-47-32)21-27(29)35-34-25-2-3-28-30(20-25)45-17-13-41-9-5-38-4-8-40-12-16-44-28/h2-3,20-23H,4-19,24H2,1H3. The lowest BCUT2D eigenvalue weighted by molar-refractivity contribution is 0.00708. The van der Waals surface area contributed by atoms with Gasteiger partial charge in [0.2, 0.25) is 0 Å². The first-order valence-electron chi connectivity index (χ1n) is 15.9. The number of aryl methyl sites for hydroxylation is 1. The van der Waals surface area contributed by atoms with Crippen LogP contribution in [0.1, 0.15) is 5.69 Å². The van der Waals surface area contributed by atoms with E-state index in [2.05, 4.69) is 20.5 Å². The van der Waals surface area contributed by atoms with E-state index in [4.69, 9.17) is 52.1 Å². The molecule has 0 aliphatic carbocycles. The Morgan fingerprint density at radius 3 is 1.58 bits per heavy atom. The fourth-order valence-electron chi connectivity index (χ4n) is 4.37. The third kappa shape index (κ3) is 11.9. The Balaban J connectivity index is 1.38. The van der Waals surface area contributed by atoms with Crippen LogP contribution in [-0.2, 0) is 42.1 Å². The average Bonchev–Trinajstić information content (AvgIpc) is 3.50. The number of azo groups is 1. The van der Waals surface area contributed by atoms with Crippen molar-refractivity contribution in [2.24, 2.45) is 17.3 Å². The molecule has 0 amide bonds. The van der Waals surface area contributed by atoms with Crippen LogP contribution in [0.3, 0.4) is 0 Å². The molecule has 48 heavy (non-hydrogen) atoms. The van der Waals surface area contributed by atoms with Crippen molar-refractivity contribution < 1.29 is 52.1 Å². The Labute approximate surface area is 279 Å². The monoisotopic (exact) mass is 673 g/mol. The second-order valence-corrected chi connectivity index (χ2v) is 10.3. The van der Waals surface area contributed by atoms with Crippen molar-refractivity contribution in [2.45, 2.75) is 6.61 Å². The summed E-state index contributed by atoms with van der Waals surface area (Å²) < 4.78 is 65.3. The van der Waals surface area contributed by atoms with Crippen LogP contribution >= 0.6 is 0 Å². The molecule has 16 heteroatoms. The number of ether oxygens (including phenoxy) is 11. The molecule has 0 N–H and O–H groups in total. The first-order chi connectivity index (χ1) is 23.8. The predicted octanol–water partition coefficient (Wildman–Crippen LogP) is 3.45. The Kier molecular flexibility index (Phi) is 14.9. The SMILES string of the molecule is Cn1nncc1COc1cc2c(cc1N=Nc1ccc3c(c1)OCCOCCOCCOCCO3)OCCOCCOCCOCCO2. The molecule has 2 aromatic carbocycles. The van der Waals surface area contributed by atoms with Crippen molar-refractivity contribution in [3.8, 4) is 28.7 Å². The molecule has 0 spiro atoms. The molecular weight excluding hydrogens is 630 g/mol. The maximum absolute atomic E-state index is 6.20. The molecule has 16 nitrogen and oxygen atoms in total. The van der Waals surface area contributed by atoms with Crippen molar-refractivity contribution in [3.63, 3.8) is 0 Å². The molecule has 2 aliphatic heterocycles. The van der Waals surface area contributed by atoms with Gasteiger partial charge in [-0.05, 0) is 12.1 Å². The van der Waals surface area contributed by atoms with Gasteiger partial charge in [0.25, 0.3) is 0 Å². The van der Waals surface area contributed by atoms with E-state index in [0.29, 0.717) is 139 Å². The Bertz CT molecular complexity index is 1410. The van der Waals surface area contributed by atoms with Crippen molar-refractivity contribution in [1.82, 2.24) is 15.0 Å². The average molecular weight is 674 g/mol. The van der Waals surface area contributed by atoms with E-state index in [1.165, 1.54) is 0 Å². The van der Waals surface area contributed by atoms with E-state index >= 15 is 0 Å². The smallest absolute Gasteiger partial charge is 0.165 e. The molecule has 0 bridgehead atoms. The number of rotatable bonds is 5. The van der Waals surface area contributed by atoms with Crippen LogP contribution in [-0.4, -0.2) is 121 Å². The maximum Gasteiger partial charge on any atom is 0.165 e. The third-order valence-electron chi connectivity index (χ3n) is 6.84. The molecule has 1 aromatic heterocycles. The molecule has 0 atom stereocenters. The van der Waals surface area contributed by atoms with Gasteiger partial charge >= 0.3 is 0 Å². The minimum absolute atomic E-state index is 0.185. The third-order valence-corrected chi connectivity index (χ3v) is 6.84. The molecule has 0 saturated carbocycles. The highest BCUT2D eigenvalue weighted by Gasteiger charge is 2.16. The van der Waals surface area contributed by atoms with Gasteiger partial charge in [0, 0.05) is 25.2 Å². The Hall–Kier alpha value is -4.06. The van der Waals surface area contributed by atoms with E-state index in [9.17, 15) is 0 Å². The van der Waals surface area contributed by atoms with Gasteiger partial charge in [-0.2, -0.15) is 5.11 Å². The van der Waals surface area contributed by atoms with Gasteiger partial charge in [-0.25, -0.2) is 4.68 Å². The second-order valence-electron chi connectivity index (χ2n) is 10.3. The van der Waals surface area contributed by atoms with Crippen LogP contribution in [0.25, 0.3) is 0 Å². The van der Waals surface area contributed by atoms with Gasteiger partial charge in [-0.3, -0.25) is 0 Å². The number of hydrogen-bond donors (Lipinski definition) is 0. The van der Waals surface area contributed by atoms with Gasteiger partial charge in [-0.1, -0.05) is 5.21 Å². The fourth-order valence-corrected chi connectivity index (χ4v) is 4.37. The molecule has 3 aromatic rings. The van der Waals surface area contributed by atoms with Crippen LogP contribution in [0.4, 0.5) is 11.4 Å². The minimum atomic E-state index is 0.185. The van der Waals surface area contributed by atoms with Crippen LogP contribution in [0, 0.1) is 0 Å². The summed E-state index contributed by atoms with van der Waals surface area (Å²) in [5.74, 6) is 2.40. The molecule has 0 radical (unpaired) electrons. The summed E-state index contributed by atoms with van der Waals surface area (Å²) >= 11 is 0. The minimum Gasteiger partial charge on any atom is -0.487 e. The lowest BCUT2D eigenvalue weighted by atomic mass is 10.2. The molecule has 5 rings (SSSR count). The first-order valence-corrected chi connectivity index (χ1v) is 15.9. The van der Waals surface area contributed by atoms with E-state index in [-0.39, 0.29) is 13.2 Å². The largest absolute Gasteiger partial charge is 0.487 e. The molecule has 2 aliphatic rings. The highest BCUT2D eigenvalue weighted by molar-refractivity contribution is 5.62. The number of nitrogens with zero attached hydrogens (tertiary/aromatic N) is 5. The van der Waals surface area contributed by atoms with Crippen LogP contribution in [0.5, 0.6) is 28.7 Å². The summed E-state index contributed by atoms with van der Waals surface area (Å²) in [4.78, 5) is 0. The lowest BCUT2D eigenvalue weighted by Crippen LogP contribution is -2.13. The summed E-state index contributed by atoms with van der Waals surface area (Å²) in [6, 6.07) is 8.78.